The third kappa shape index (κ3) is 3.77. The maximum atomic E-state index is 11.2. The van der Waals surface area contributed by atoms with Crippen LogP contribution in [0.3, 0.4) is 0 Å². The molecular weight excluding hydrogens is 182 g/mol. The average Bonchev–Trinajstić information content (AvgIpc) is 2.11. The third-order valence-corrected chi connectivity index (χ3v) is 2.10. The molecule has 0 saturated heterocycles. The summed E-state index contributed by atoms with van der Waals surface area (Å²) in [5.74, 6) is -0.570. The Hall–Kier alpha value is -1.06. The van der Waals surface area contributed by atoms with Crippen LogP contribution in [0.15, 0.2) is 0 Å². The third-order valence-electron chi connectivity index (χ3n) is 2.10. The number of hydrogen-bond donors (Lipinski definition) is 0. The highest BCUT2D eigenvalue weighted by molar-refractivity contribution is 5.76. The second-order valence-corrected chi connectivity index (χ2v) is 3.69. The van der Waals surface area contributed by atoms with Gasteiger partial charge in [-0.3, -0.25) is 9.59 Å². The van der Waals surface area contributed by atoms with Crippen LogP contribution in [0.1, 0.15) is 27.7 Å². The summed E-state index contributed by atoms with van der Waals surface area (Å²) in [6.45, 7) is 7.52. The van der Waals surface area contributed by atoms with Gasteiger partial charge in [0, 0.05) is 19.5 Å². The van der Waals surface area contributed by atoms with Crippen LogP contribution in [0.2, 0.25) is 0 Å². The molecule has 82 valence electrons. The molecule has 0 aliphatic heterocycles. The lowest BCUT2D eigenvalue weighted by Crippen LogP contribution is -2.40. The molecule has 0 aromatic rings. The largest absolute Gasteiger partial charge is 0.469 e. The summed E-state index contributed by atoms with van der Waals surface area (Å²) < 4.78 is 4.60. The normalized spacial score (nSPS) is 12.4. The molecule has 0 aromatic heterocycles. The minimum atomic E-state index is -0.281. The van der Waals surface area contributed by atoms with Crippen LogP contribution in [0.4, 0.5) is 0 Å². The van der Waals surface area contributed by atoms with Gasteiger partial charge in [0.05, 0.1) is 13.0 Å². The Morgan fingerprint density at radius 1 is 1.29 bits per heavy atom. The second kappa shape index (κ2) is 5.62. The highest BCUT2D eigenvalue weighted by atomic mass is 16.5. The fraction of sp³-hybridized carbons (Fsp3) is 0.800. The van der Waals surface area contributed by atoms with Gasteiger partial charge in [0.15, 0.2) is 0 Å². The molecule has 0 aliphatic rings. The van der Waals surface area contributed by atoms with E-state index >= 15 is 0 Å². The van der Waals surface area contributed by atoms with Crippen molar-refractivity contribution in [3.05, 3.63) is 0 Å². The van der Waals surface area contributed by atoms with Gasteiger partial charge in [0.1, 0.15) is 0 Å². The van der Waals surface area contributed by atoms with Gasteiger partial charge in [0.25, 0.3) is 0 Å². The van der Waals surface area contributed by atoms with Crippen LogP contribution in [0.5, 0.6) is 0 Å². The Balaban J connectivity index is 4.30. The predicted octanol–water partition coefficient (Wildman–Crippen LogP) is 1.05. The standard InChI is InChI=1S/C10H19NO3/c1-7(2)11(9(4)12)6-8(3)10(13)14-5/h7-8H,6H2,1-5H3. The number of nitrogens with zero attached hydrogens (tertiary/aromatic N) is 1. The summed E-state index contributed by atoms with van der Waals surface area (Å²) in [7, 11) is 1.35. The molecule has 0 aromatic carbocycles. The first kappa shape index (κ1) is 12.9. The molecule has 4 heteroatoms. The molecule has 1 amide bonds. The van der Waals surface area contributed by atoms with Crippen LogP contribution in [-0.4, -0.2) is 36.5 Å². The van der Waals surface area contributed by atoms with E-state index in [2.05, 4.69) is 4.74 Å². The van der Waals surface area contributed by atoms with E-state index in [9.17, 15) is 9.59 Å². The van der Waals surface area contributed by atoms with Gasteiger partial charge >= 0.3 is 5.97 Å². The highest BCUT2D eigenvalue weighted by Crippen LogP contribution is 2.06. The molecule has 0 N–H and O–H groups in total. The van der Waals surface area contributed by atoms with Gasteiger partial charge in [-0.1, -0.05) is 6.92 Å². The molecule has 0 fully saturated rings. The van der Waals surface area contributed by atoms with E-state index in [1.54, 1.807) is 11.8 Å². The minimum Gasteiger partial charge on any atom is -0.469 e. The van der Waals surface area contributed by atoms with Crippen LogP contribution >= 0.6 is 0 Å². The monoisotopic (exact) mass is 201 g/mol. The second-order valence-electron chi connectivity index (χ2n) is 3.69. The lowest BCUT2D eigenvalue weighted by molar-refractivity contribution is -0.146. The molecule has 0 aliphatic carbocycles. The van der Waals surface area contributed by atoms with E-state index in [0.29, 0.717) is 6.54 Å². The lowest BCUT2D eigenvalue weighted by atomic mass is 10.1. The Labute approximate surface area is 85.2 Å². The molecule has 14 heavy (non-hydrogen) atoms. The molecule has 4 nitrogen and oxygen atoms in total. The van der Waals surface area contributed by atoms with Gasteiger partial charge in [-0.15, -0.1) is 0 Å². The summed E-state index contributed by atoms with van der Waals surface area (Å²) in [4.78, 5) is 24.0. The van der Waals surface area contributed by atoms with E-state index < -0.39 is 0 Å². The zero-order chi connectivity index (χ0) is 11.3. The van der Waals surface area contributed by atoms with E-state index in [1.165, 1.54) is 14.0 Å². The quantitative estimate of drug-likeness (QED) is 0.639. The van der Waals surface area contributed by atoms with Crippen molar-refractivity contribution in [2.24, 2.45) is 5.92 Å². The van der Waals surface area contributed by atoms with E-state index in [4.69, 9.17) is 0 Å². The van der Waals surface area contributed by atoms with Crippen LogP contribution in [-0.2, 0) is 14.3 Å². The molecule has 0 bridgehead atoms. The fourth-order valence-electron chi connectivity index (χ4n) is 1.27. The van der Waals surface area contributed by atoms with Crippen molar-refractivity contribution in [1.82, 2.24) is 4.90 Å². The van der Waals surface area contributed by atoms with Crippen LogP contribution in [0, 0.1) is 5.92 Å². The molecule has 0 radical (unpaired) electrons. The van der Waals surface area contributed by atoms with Gasteiger partial charge in [-0.05, 0) is 13.8 Å². The van der Waals surface area contributed by atoms with Crippen molar-refractivity contribution in [2.75, 3.05) is 13.7 Å². The van der Waals surface area contributed by atoms with Gasteiger partial charge in [0.2, 0.25) is 5.91 Å². The number of methoxy groups -OCH3 is 1. The zero-order valence-corrected chi connectivity index (χ0v) is 9.53. The number of esters is 1. The van der Waals surface area contributed by atoms with Crippen molar-refractivity contribution in [3.8, 4) is 0 Å². The molecule has 1 unspecified atom stereocenters. The van der Waals surface area contributed by atoms with Crippen molar-refractivity contribution >= 4 is 11.9 Å². The number of ether oxygens (including phenoxy) is 1. The molecular formula is C10H19NO3. The van der Waals surface area contributed by atoms with E-state index in [1.807, 2.05) is 13.8 Å². The van der Waals surface area contributed by atoms with Gasteiger partial charge in [-0.25, -0.2) is 0 Å². The summed E-state index contributed by atoms with van der Waals surface area (Å²) in [6.07, 6.45) is 0. The van der Waals surface area contributed by atoms with Crippen molar-refractivity contribution in [2.45, 2.75) is 33.7 Å². The number of carbonyl (C=O) groups is 2. The SMILES string of the molecule is COC(=O)C(C)CN(C(C)=O)C(C)C. The lowest BCUT2D eigenvalue weighted by Gasteiger charge is -2.27. The first-order valence-electron chi connectivity index (χ1n) is 4.75. The average molecular weight is 201 g/mol. The summed E-state index contributed by atoms with van der Waals surface area (Å²) in [5, 5.41) is 0. The van der Waals surface area contributed by atoms with Crippen LogP contribution in [0.25, 0.3) is 0 Å². The number of amides is 1. The predicted molar refractivity (Wildman–Crippen MR) is 53.7 cm³/mol. The molecule has 0 rings (SSSR count). The maximum Gasteiger partial charge on any atom is 0.310 e. The Morgan fingerprint density at radius 3 is 2.07 bits per heavy atom. The van der Waals surface area contributed by atoms with Crippen molar-refractivity contribution < 1.29 is 14.3 Å². The first-order chi connectivity index (χ1) is 6.40. The topological polar surface area (TPSA) is 46.6 Å². The Morgan fingerprint density at radius 2 is 1.79 bits per heavy atom. The fourth-order valence-corrected chi connectivity index (χ4v) is 1.27. The number of rotatable bonds is 4. The molecule has 0 saturated carbocycles. The zero-order valence-electron chi connectivity index (χ0n) is 9.53. The summed E-state index contributed by atoms with van der Waals surface area (Å²) >= 11 is 0. The van der Waals surface area contributed by atoms with Gasteiger partial charge < -0.3 is 9.64 Å². The molecule has 0 spiro atoms. The smallest absolute Gasteiger partial charge is 0.310 e. The summed E-state index contributed by atoms with van der Waals surface area (Å²) in [6, 6.07) is 0.111. The summed E-state index contributed by atoms with van der Waals surface area (Å²) in [5.41, 5.74) is 0. The molecule has 1 atom stereocenters. The van der Waals surface area contributed by atoms with Gasteiger partial charge in [-0.2, -0.15) is 0 Å². The first-order valence-corrected chi connectivity index (χ1v) is 4.75. The molecule has 0 heterocycles. The maximum absolute atomic E-state index is 11.2. The van der Waals surface area contributed by atoms with Crippen molar-refractivity contribution in [3.63, 3.8) is 0 Å². The van der Waals surface area contributed by atoms with Crippen LogP contribution < -0.4 is 0 Å². The number of carbonyl (C=O) groups excluding carboxylic acids is 2. The van der Waals surface area contributed by atoms with Crippen molar-refractivity contribution in [1.29, 1.82) is 0 Å². The minimum absolute atomic E-state index is 0.0178. The Bertz CT molecular complexity index is 213. The number of hydrogen-bond acceptors (Lipinski definition) is 3. The Kier molecular flexibility index (Phi) is 5.20. The highest BCUT2D eigenvalue weighted by Gasteiger charge is 2.20. The van der Waals surface area contributed by atoms with E-state index in [0.717, 1.165) is 0 Å². The van der Waals surface area contributed by atoms with E-state index in [-0.39, 0.29) is 23.8 Å².